The van der Waals surface area contributed by atoms with Crippen molar-refractivity contribution >= 4 is 11.9 Å². The molecule has 2 aliphatic heterocycles. The summed E-state index contributed by atoms with van der Waals surface area (Å²) in [5.74, 6) is 1.41. The number of carbonyl (C=O) groups excluding carboxylic acids is 2. The fraction of sp³-hybridized carbons (Fsp3) is 0.913. The molecule has 2 heterocycles. The van der Waals surface area contributed by atoms with Gasteiger partial charge in [0.1, 0.15) is 0 Å². The van der Waals surface area contributed by atoms with Gasteiger partial charge in [-0.3, -0.25) is 4.79 Å². The van der Waals surface area contributed by atoms with E-state index in [1.807, 2.05) is 4.90 Å². The molecule has 0 spiro atoms. The molecular weight excluding hydrogens is 364 g/mol. The Morgan fingerprint density at radius 3 is 2.41 bits per heavy atom. The number of hydrogen-bond donors (Lipinski definition) is 2. The molecule has 3 fully saturated rings. The fourth-order valence-corrected chi connectivity index (χ4v) is 5.21. The minimum atomic E-state index is 0.104. The van der Waals surface area contributed by atoms with Gasteiger partial charge in [-0.25, -0.2) is 4.79 Å². The SMILES string of the molecule is C[C@H]1CCCN(CCCNC(=O)CC2CCN(C(=O)NC3CCCCC3)CC2)C1. The van der Waals surface area contributed by atoms with Crippen LogP contribution < -0.4 is 10.6 Å². The van der Waals surface area contributed by atoms with E-state index in [2.05, 4.69) is 22.5 Å². The summed E-state index contributed by atoms with van der Waals surface area (Å²) in [6.45, 7) is 8.20. The highest BCUT2D eigenvalue weighted by atomic mass is 16.2. The van der Waals surface area contributed by atoms with Crippen LogP contribution in [0.15, 0.2) is 0 Å². The van der Waals surface area contributed by atoms with Crippen molar-refractivity contribution in [2.75, 3.05) is 39.3 Å². The van der Waals surface area contributed by atoms with Gasteiger partial charge >= 0.3 is 6.03 Å². The number of hydrogen-bond acceptors (Lipinski definition) is 3. The van der Waals surface area contributed by atoms with Crippen LogP contribution in [0.3, 0.4) is 0 Å². The van der Waals surface area contributed by atoms with Crippen LogP contribution in [0.25, 0.3) is 0 Å². The number of rotatable bonds is 7. The van der Waals surface area contributed by atoms with Crippen LogP contribution in [0.4, 0.5) is 4.79 Å². The molecule has 29 heavy (non-hydrogen) atoms. The number of likely N-dealkylation sites (tertiary alicyclic amines) is 2. The average Bonchev–Trinajstić information content (AvgIpc) is 2.72. The molecule has 2 saturated heterocycles. The summed E-state index contributed by atoms with van der Waals surface area (Å²) in [4.78, 5) is 29.2. The van der Waals surface area contributed by atoms with Crippen LogP contribution in [-0.4, -0.2) is 67.0 Å². The molecule has 1 atom stereocenters. The number of piperidine rings is 2. The quantitative estimate of drug-likeness (QED) is 0.637. The lowest BCUT2D eigenvalue weighted by molar-refractivity contribution is -0.122. The maximum Gasteiger partial charge on any atom is 0.317 e. The van der Waals surface area contributed by atoms with E-state index in [0.717, 1.165) is 64.2 Å². The summed E-state index contributed by atoms with van der Waals surface area (Å²) in [5, 5.41) is 6.32. The predicted molar refractivity (Wildman–Crippen MR) is 117 cm³/mol. The lowest BCUT2D eigenvalue weighted by Crippen LogP contribution is -2.48. The Morgan fingerprint density at radius 1 is 0.931 bits per heavy atom. The third-order valence-electron chi connectivity index (χ3n) is 7.02. The smallest absolute Gasteiger partial charge is 0.317 e. The van der Waals surface area contributed by atoms with E-state index in [9.17, 15) is 9.59 Å². The normalized spacial score (nSPS) is 25.0. The van der Waals surface area contributed by atoms with Gasteiger partial charge in [0.25, 0.3) is 0 Å². The number of amides is 3. The highest BCUT2D eigenvalue weighted by molar-refractivity contribution is 5.76. The zero-order chi connectivity index (χ0) is 20.5. The first-order chi connectivity index (χ1) is 14.1. The van der Waals surface area contributed by atoms with E-state index in [1.165, 1.54) is 45.2 Å². The summed E-state index contributed by atoms with van der Waals surface area (Å²) in [6.07, 6.45) is 12.2. The maximum atomic E-state index is 12.5. The third kappa shape index (κ3) is 7.80. The van der Waals surface area contributed by atoms with Crippen LogP contribution in [-0.2, 0) is 4.79 Å². The third-order valence-corrected chi connectivity index (χ3v) is 7.02. The van der Waals surface area contributed by atoms with Crippen LogP contribution in [0.2, 0.25) is 0 Å². The Morgan fingerprint density at radius 2 is 1.69 bits per heavy atom. The number of carbonyl (C=O) groups is 2. The molecule has 6 nitrogen and oxygen atoms in total. The second kappa shape index (κ2) is 11.8. The molecule has 1 saturated carbocycles. The Labute approximate surface area is 177 Å². The zero-order valence-electron chi connectivity index (χ0n) is 18.5. The molecule has 1 aliphatic carbocycles. The Hall–Kier alpha value is -1.30. The number of nitrogens with zero attached hydrogens (tertiary/aromatic N) is 2. The van der Waals surface area contributed by atoms with E-state index < -0.39 is 0 Å². The second-order valence-corrected chi connectivity index (χ2v) is 9.67. The molecule has 0 bridgehead atoms. The van der Waals surface area contributed by atoms with Gasteiger partial charge in [0.15, 0.2) is 0 Å². The second-order valence-electron chi connectivity index (χ2n) is 9.67. The van der Waals surface area contributed by atoms with Gasteiger partial charge in [-0.15, -0.1) is 0 Å². The molecule has 166 valence electrons. The van der Waals surface area contributed by atoms with Crippen molar-refractivity contribution < 1.29 is 9.59 Å². The van der Waals surface area contributed by atoms with Crippen LogP contribution in [0.1, 0.15) is 77.6 Å². The van der Waals surface area contributed by atoms with Crippen LogP contribution >= 0.6 is 0 Å². The molecule has 0 aromatic heterocycles. The van der Waals surface area contributed by atoms with Gasteiger partial charge < -0.3 is 20.4 Å². The van der Waals surface area contributed by atoms with Gasteiger partial charge in [-0.1, -0.05) is 26.2 Å². The van der Waals surface area contributed by atoms with Crippen molar-refractivity contribution in [1.82, 2.24) is 20.4 Å². The highest BCUT2D eigenvalue weighted by Gasteiger charge is 2.26. The molecule has 0 unspecified atom stereocenters. The van der Waals surface area contributed by atoms with Crippen molar-refractivity contribution in [1.29, 1.82) is 0 Å². The topological polar surface area (TPSA) is 64.7 Å². The lowest BCUT2D eigenvalue weighted by Gasteiger charge is -2.33. The van der Waals surface area contributed by atoms with E-state index in [-0.39, 0.29) is 11.9 Å². The first-order valence-corrected chi connectivity index (χ1v) is 12.1. The van der Waals surface area contributed by atoms with Gasteiger partial charge in [0.2, 0.25) is 5.91 Å². The van der Waals surface area contributed by atoms with Gasteiger partial charge in [-0.05, 0) is 69.9 Å². The zero-order valence-corrected chi connectivity index (χ0v) is 18.5. The van der Waals surface area contributed by atoms with Crippen LogP contribution in [0, 0.1) is 11.8 Å². The molecule has 0 aromatic rings. The van der Waals surface area contributed by atoms with Crippen molar-refractivity contribution in [2.45, 2.75) is 83.6 Å². The molecule has 3 amide bonds. The number of nitrogens with one attached hydrogen (secondary N) is 2. The maximum absolute atomic E-state index is 12.5. The first kappa shape index (κ1) is 22.4. The highest BCUT2D eigenvalue weighted by Crippen LogP contribution is 2.22. The fourth-order valence-electron chi connectivity index (χ4n) is 5.21. The molecule has 6 heteroatoms. The summed E-state index contributed by atoms with van der Waals surface area (Å²) in [7, 11) is 0. The minimum Gasteiger partial charge on any atom is -0.356 e. The van der Waals surface area contributed by atoms with Crippen molar-refractivity contribution in [3.05, 3.63) is 0 Å². The van der Waals surface area contributed by atoms with Gasteiger partial charge in [-0.2, -0.15) is 0 Å². The Kier molecular flexibility index (Phi) is 9.09. The summed E-state index contributed by atoms with van der Waals surface area (Å²) >= 11 is 0. The number of urea groups is 1. The molecule has 3 rings (SSSR count). The largest absolute Gasteiger partial charge is 0.356 e. The Bertz CT molecular complexity index is 513. The minimum absolute atomic E-state index is 0.104. The monoisotopic (exact) mass is 406 g/mol. The molecule has 0 aromatic carbocycles. The first-order valence-electron chi connectivity index (χ1n) is 12.1. The Balaban J connectivity index is 1.24. The van der Waals surface area contributed by atoms with Gasteiger partial charge in [0.05, 0.1) is 0 Å². The molecule has 2 N–H and O–H groups in total. The van der Waals surface area contributed by atoms with Crippen LogP contribution in [0.5, 0.6) is 0 Å². The molecular formula is C23H42N4O2. The van der Waals surface area contributed by atoms with Crippen molar-refractivity contribution in [3.8, 4) is 0 Å². The molecule has 0 radical (unpaired) electrons. The van der Waals surface area contributed by atoms with E-state index in [1.54, 1.807) is 0 Å². The average molecular weight is 407 g/mol. The van der Waals surface area contributed by atoms with Crippen molar-refractivity contribution in [2.24, 2.45) is 11.8 Å². The van der Waals surface area contributed by atoms with E-state index in [0.29, 0.717) is 18.4 Å². The predicted octanol–water partition coefficient (Wildman–Crippen LogP) is 3.37. The van der Waals surface area contributed by atoms with E-state index >= 15 is 0 Å². The lowest BCUT2D eigenvalue weighted by atomic mass is 9.93. The van der Waals surface area contributed by atoms with Gasteiger partial charge in [0, 0.05) is 38.6 Å². The van der Waals surface area contributed by atoms with Crippen molar-refractivity contribution in [3.63, 3.8) is 0 Å². The summed E-state index contributed by atoms with van der Waals surface area (Å²) in [5.41, 5.74) is 0. The summed E-state index contributed by atoms with van der Waals surface area (Å²) < 4.78 is 0. The summed E-state index contributed by atoms with van der Waals surface area (Å²) in [6, 6.07) is 0.472. The van der Waals surface area contributed by atoms with E-state index in [4.69, 9.17) is 0 Å². The molecule has 3 aliphatic rings. The standard InChI is InChI=1S/C23H42N4O2/c1-19-7-5-13-26(18-19)14-6-12-24-22(28)17-20-10-15-27(16-11-20)23(29)25-21-8-3-2-4-9-21/h19-21H,2-18H2,1H3,(H,24,28)(H,25,29)/t19-/m0/s1.